The van der Waals surface area contributed by atoms with Crippen LogP contribution in [0.25, 0.3) is 0 Å². The van der Waals surface area contributed by atoms with Gasteiger partial charge in [0.25, 0.3) is 0 Å². The summed E-state index contributed by atoms with van der Waals surface area (Å²) in [5.74, 6) is 0. The largest absolute Gasteiger partial charge is 0.399 e. The smallest absolute Gasteiger partial charge is 0.106 e. The Bertz CT molecular complexity index is 126. The van der Waals surface area contributed by atoms with Gasteiger partial charge in [0.05, 0.1) is 12.3 Å². The van der Waals surface area contributed by atoms with E-state index in [1.807, 2.05) is 0 Å². The number of halogens is 1. The van der Waals surface area contributed by atoms with Crippen molar-refractivity contribution in [2.24, 2.45) is 5.16 Å². The SMILES string of the molecule is CON=C1CCN(Cl)C1. The lowest BCUT2D eigenvalue weighted by Crippen LogP contribution is -2.07. The van der Waals surface area contributed by atoms with Gasteiger partial charge in [0.2, 0.25) is 0 Å². The van der Waals surface area contributed by atoms with Crippen molar-refractivity contribution in [3.63, 3.8) is 0 Å². The van der Waals surface area contributed by atoms with Gasteiger partial charge in [0.1, 0.15) is 7.11 Å². The molecular formula is C5H9ClN2O. The average Bonchev–Trinajstić information content (AvgIpc) is 2.17. The third kappa shape index (κ3) is 1.84. The maximum Gasteiger partial charge on any atom is 0.106 e. The van der Waals surface area contributed by atoms with E-state index in [9.17, 15) is 0 Å². The molecule has 9 heavy (non-hydrogen) atoms. The highest BCUT2D eigenvalue weighted by atomic mass is 35.5. The Labute approximate surface area is 59.3 Å². The van der Waals surface area contributed by atoms with Crippen LogP contribution in [-0.2, 0) is 4.84 Å². The van der Waals surface area contributed by atoms with Crippen LogP contribution in [0.4, 0.5) is 0 Å². The highest BCUT2D eigenvalue weighted by molar-refractivity contribution is 6.15. The van der Waals surface area contributed by atoms with Gasteiger partial charge in [-0.1, -0.05) is 5.16 Å². The van der Waals surface area contributed by atoms with Crippen molar-refractivity contribution < 1.29 is 4.84 Å². The van der Waals surface area contributed by atoms with E-state index in [0.29, 0.717) is 0 Å². The molecule has 0 unspecified atom stereocenters. The molecule has 1 aliphatic heterocycles. The number of nitrogens with zero attached hydrogens (tertiary/aromatic N) is 2. The molecule has 0 radical (unpaired) electrons. The van der Waals surface area contributed by atoms with Crippen LogP contribution in [0.2, 0.25) is 0 Å². The Morgan fingerprint density at radius 1 is 1.78 bits per heavy atom. The molecule has 0 bridgehead atoms. The van der Waals surface area contributed by atoms with Crippen LogP contribution in [0.3, 0.4) is 0 Å². The highest BCUT2D eigenvalue weighted by Crippen LogP contribution is 2.07. The van der Waals surface area contributed by atoms with Gasteiger partial charge in [-0.25, -0.2) is 4.42 Å². The Morgan fingerprint density at radius 2 is 2.56 bits per heavy atom. The molecule has 1 saturated heterocycles. The van der Waals surface area contributed by atoms with Crippen LogP contribution in [0.15, 0.2) is 5.16 Å². The summed E-state index contributed by atoms with van der Waals surface area (Å²) < 4.78 is 1.69. The first-order valence-electron chi connectivity index (χ1n) is 2.82. The normalized spacial score (nSPS) is 25.3. The van der Waals surface area contributed by atoms with Crippen LogP contribution >= 0.6 is 11.8 Å². The minimum Gasteiger partial charge on any atom is -0.399 e. The third-order valence-electron chi connectivity index (χ3n) is 1.22. The van der Waals surface area contributed by atoms with Gasteiger partial charge in [-0.3, -0.25) is 0 Å². The Balaban J connectivity index is 2.38. The molecule has 1 aliphatic rings. The molecule has 1 fully saturated rings. The molecule has 0 amide bonds. The van der Waals surface area contributed by atoms with E-state index in [-0.39, 0.29) is 0 Å². The van der Waals surface area contributed by atoms with Gasteiger partial charge in [0.15, 0.2) is 0 Å². The van der Waals surface area contributed by atoms with Crippen LogP contribution in [0.5, 0.6) is 0 Å². The Morgan fingerprint density at radius 3 is 3.00 bits per heavy atom. The van der Waals surface area contributed by atoms with E-state index in [1.54, 1.807) is 11.5 Å². The van der Waals surface area contributed by atoms with Crippen LogP contribution in [0.1, 0.15) is 6.42 Å². The molecule has 0 aliphatic carbocycles. The summed E-state index contributed by atoms with van der Waals surface area (Å²) in [6.07, 6.45) is 0.928. The fraction of sp³-hybridized carbons (Fsp3) is 0.800. The molecule has 52 valence electrons. The third-order valence-corrected chi connectivity index (χ3v) is 1.51. The molecule has 1 rings (SSSR count). The summed E-state index contributed by atoms with van der Waals surface area (Å²) in [5.41, 5.74) is 1.02. The van der Waals surface area contributed by atoms with E-state index in [4.69, 9.17) is 11.8 Å². The summed E-state index contributed by atoms with van der Waals surface area (Å²) in [7, 11) is 1.55. The summed E-state index contributed by atoms with van der Waals surface area (Å²) in [6.45, 7) is 1.61. The topological polar surface area (TPSA) is 24.8 Å². The van der Waals surface area contributed by atoms with E-state index in [1.165, 1.54) is 0 Å². The zero-order valence-electron chi connectivity index (χ0n) is 5.30. The monoisotopic (exact) mass is 148 g/mol. The fourth-order valence-electron chi connectivity index (χ4n) is 0.810. The average molecular weight is 149 g/mol. The first kappa shape index (κ1) is 6.83. The highest BCUT2D eigenvalue weighted by Gasteiger charge is 2.15. The molecule has 0 atom stereocenters. The van der Waals surface area contributed by atoms with Gasteiger partial charge in [-0.05, 0) is 11.8 Å². The minimum absolute atomic E-state index is 0.732. The minimum atomic E-state index is 0.732. The number of hydrogen-bond acceptors (Lipinski definition) is 3. The molecular weight excluding hydrogens is 140 g/mol. The number of hydrogen-bond donors (Lipinski definition) is 0. The molecule has 0 aromatic heterocycles. The summed E-state index contributed by atoms with van der Waals surface area (Å²) in [6, 6.07) is 0. The van der Waals surface area contributed by atoms with E-state index >= 15 is 0 Å². The second kappa shape index (κ2) is 3.03. The quantitative estimate of drug-likeness (QED) is 0.407. The maximum atomic E-state index is 5.64. The lowest BCUT2D eigenvalue weighted by molar-refractivity contribution is 0.212. The lowest BCUT2D eigenvalue weighted by atomic mass is 10.3. The predicted molar refractivity (Wildman–Crippen MR) is 36.5 cm³/mol. The number of rotatable bonds is 1. The van der Waals surface area contributed by atoms with Gasteiger partial charge in [-0.15, -0.1) is 0 Å². The van der Waals surface area contributed by atoms with Crippen molar-refractivity contribution in [3.8, 4) is 0 Å². The molecule has 3 nitrogen and oxygen atoms in total. The molecule has 0 saturated carbocycles. The second-order valence-electron chi connectivity index (χ2n) is 1.93. The predicted octanol–water partition coefficient (Wildman–Crippen LogP) is 0.848. The molecule has 1 heterocycles. The lowest BCUT2D eigenvalue weighted by Gasteiger charge is -1.97. The van der Waals surface area contributed by atoms with Crippen LogP contribution in [0, 0.1) is 0 Å². The van der Waals surface area contributed by atoms with Crippen molar-refractivity contribution >= 4 is 17.5 Å². The summed E-state index contributed by atoms with van der Waals surface area (Å²) >= 11 is 5.64. The molecule has 0 aromatic rings. The molecule has 0 aromatic carbocycles. The van der Waals surface area contributed by atoms with Crippen molar-refractivity contribution in [2.75, 3.05) is 20.2 Å². The molecule has 0 N–H and O–H groups in total. The maximum absolute atomic E-state index is 5.64. The summed E-state index contributed by atoms with van der Waals surface area (Å²) in [4.78, 5) is 4.58. The first-order chi connectivity index (χ1) is 4.33. The van der Waals surface area contributed by atoms with Crippen molar-refractivity contribution in [3.05, 3.63) is 0 Å². The standard InChI is InChI=1S/C5H9ClN2O/c1-9-7-5-2-3-8(6)4-5/h2-4H2,1H3. The molecule has 4 heteroatoms. The van der Waals surface area contributed by atoms with Gasteiger partial charge in [0, 0.05) is 13.0 Å². The zero-order valence-corrected chi connectivity index (χ0v) is 6.06. The van der Waals surface area contributed by atoms with Crippen LogP contribution < -0.4 is 0 Å². The van der Waals surface area contributed by atoms with Gasteiger partial charge >= 0.3 is 0 Å². The van der Waals surface area contributed by atoms with E-state index < -0.39 is 0 Å². The first-order valence-corrected chi connectivity index (χ1v) is 3.16. The van der Waals surface area contributed by atoms with Crippen molar-refractivity contribution in [1.29, 1.82) is 0 Å². The molecule has 0 spiro atoms. The van der Waals surface area contributed by atoms with Crippen molar-refractivity contribution in [1.82, 2.24) is 4.42 Å². The van der Waals surface area contributed by atoms with Crippen LogP contribution in [-0.4, -0.2) is 30.3 Å². The van der Waals surface area contributed by atoms with Gasteiger partial charge < -0.3 is 4.84 Å². The fourth-order valence-corrected chi connectivity index (χ4v) is 1.03. The zero-order chi connectivity index (χ0) is 6.69. The second-order valence-corrected chi connectivity index (χ2v) is 2.41. The Kier molecular flexibility index (Phi) is 2.30. The van der Waals surface area contributed by atoms with E-state index in [0.717, 1.165) is 25.2 Å². The van der Waals surface area contributed by atoms with Gasteiger partial charge in [-0.2, -0.15) is 0 Å². The summed E-state index contributed by atoms with van der Waals surface area (Å²) in [5, 5.41) is 3.76. The Hall–Kier alpha value is -0.280. The van der Waals surface area contributed by atoms with E-state index in [2.05, 4.69) is 9.99 Å². The van der Waals surface area contributed by atoms with Crippen molar-refractivity contribution in [2.45, 2.75) is 6.42 Å². The number of oxime groups is 1.